The molecule has 0 aromatic heterocycles. The molecule has 0 saturated heterocycles. The Morgan fingerprint density at radius 2 is 2.07 bits per heavy atom. The van der Waals surface area contributed by atoms with Crippen molar-refractivity contribution >= 4 is 0 Å². The van der Waals surface area contributed by atoms with Crippen LogP contribution in [0.25, 0.3) is 0 Å². The van der Waals surface area contributed by atoms with E-state index in [9.17, 15) is 10.2 Å². The van der Waals surface area contributed by atoms with Gasteiger partial charge in [-0.1, -0.05) is 13.8 Å². The lowest BCUT2D eigenvalue weighted by Gasteiger charge is -2.29. The first-order chi connectivity index (χ1) is 6.62. The van der Waals surface area contributed by atoms with Crippen molar-refractivity contribution in [3.8, 4) is 0 Å². The summed E-state index contributed by atoms with van der Waals surface area (Å²) >= 11 is 0. The first kappa shape index (κ1) is 12.0. The fraction of sp³-hybridized carbons (Fsp3) is 1.00. The third-order valence-electron chi connectivity index (χ3n) is 3.17. The second-order valence-electron chi connectivity index (χ2n) is 4.40. The Bertz CT molecular complexity index is 171. The highest BCUT2D eigenvalue weighted by Gasteiger charge is 2.43. The molecule has 0 bridgehead atoms. The van der Waals surface area contributed by atoms with Crippen molar-refractivity contribution in [3.63, 3.8) is 0 Å². The number of aliphatic hydroxyl groups excluding tert-OH is 1. The third-order valence-corrected chi connectivity index (χ3v) is 3.17. The van der Waals surface area contributed by atoms with E-state index in [2.05, 4.69) is 5.32 Å². The van der Waals surface area contributed by atoms with Crippen LogP contribution in [0.4, 0.5) is 0 Å². The minimum Gasteiger partial charge on any atom is -0.392 e. The molecule has 0 radical (unpaired) electrons. The van der Waals surface area contributed by atoms with Crippen LogP contribution >= 0.6 is 0 Å². The molecule has 1 fully saturated rings. The van der Waals surface area contributed by atoms with Crippen LogP contribution < -0.4 is 5.32 Å². The highest BCUT2D eigenvalue weighted by Crippen LogP contribution is 2.43. The van der Waals surface area contributed by atoms with Crippen molar-refractivity contribution in [1.82, 2.24) is 5.32 Å². The second-order valence-corrected chi connectivity index (χ2v) is 4.40. The highest BCUT2D eigenvalue weighted by molar-refractivity contribution is 4.95. The van der Waals surface area contributed by atoms with Crippen molar-refractivity contribution in [1.29, 1.82) is 0 Å². The Balaban J connectivity index is 2.31. The lowest BCUT2D eigenvalue weighted by atomic mass is 9.88. The van der Waals surface area contributed by atoms with Crippen LogP contribution in [-0.2, 0) is 0 Å². The van der Waals surface area contributed by atoms with Crippen molar-refractivity contribution in [2.75, 3.05) is 13.1 Å². The molecular formula is C11H23NO2. The highest BCUT2D eigenvalue weighted by atomic mass is 16.3. The van der Waals surface area contributed by atoms with Crippen LogP contribution in [0.3, 0.4) is 0 Å². The molecule has 14 heavy (non-hydrogen) atoms. The van der Waals surface area contributed by atoms with E-state index in [4.69, 9.17) is 0 Å². The average Bonchev–Trinajstić information content (AvgIpc) is 2.97. The molecule has 0 aliphatic heterocycles. The zero-order valence-electron chi connectivity index (χ0n) is 9.29. The summed E-state index contributed by atoms with van der Waals surface area (Å²) in [4.78, 5) is 0. The molecular weight excluding hydrogens is 178 g/mol. The molecule has 0 heterocycles. The fourth-order valence-corrected chi connectivity index (χ4v) is 2.01. The summed E-state index contributed by atoms with van der Waals surface area (Å²) in [6.45, 7) is 5.47. The molecule has 1 rings (SSSR count). The maximum absolute atomic E-state index is 10.2. The van der Waals surface area contributed by atoms with E-state index in [-0.39, 0.29) is 0 Å². The van der Waals surface area contributed by atoms with Gasteiger partial charge in [-0.15, -0.1) is 0 Å². The van der Waals surface area contributed by atoms with E-state index in [1.165, 1.54) is 0 Å². The minimum absolute atomic E-state index is 0.416. The number of likely N-dealkylation sites (N-methyl/N-ethyl adjacent to an activating group) is 1. The van der Waals surface area contributed by atoms with E-state index >= 15 is 0 Å². The average molecular weight is 201 g/mol. The first-order valence-corrected chi connectivity index (χ1v) is 5.73. The second kappa shape index (κ2) is 5.10. The Labute approximate surface area is 86.5 Å². The number of hydrogen-bond donors (Lipinski definition) is 3. The smallest absolute Gasteiger partial charge is 0.0698 e. The Kier molecular flexibility index (Phi) is 4.35. The Morgan fingerprint density at radius 1 is 1.43 bits per heavy atom. The lowest BCUT2D eigenvalue weighted by Crippen LogP contribution is -2.39. The maximum Gasteiger partial charge on any atom is 0.0698 e. The van der Waals surface area contributed by atoms with Gasteiger partial charge >= 0.3 is 0 Å². The van der Waals surface area contributed by atoms with Gasteiger partial charge in [0.2, 0.25) is 0 Å². The van der Waals surface area contributed by atoms with Gasteiger partial charge in [0.25, 0.3) is 0 Å². The van der Waals surface area contributed by atoms with Crippen molar-refractivity contribution in [2.45, 2.75) is 51.2 Å². The lowest BCUT2D eigenvalue weighted by molar-refractivity contribution is -0.0308. The number of rotatable bonds is 7. The van der Waals surface area contributed by atoms with Gasteiger partial charge in [0.05, 0.1) is 11.7 Å². The van der Waals surface area contributed by atoms with Crippen molar-refractivity contribution < 1.29 is 10.2 Å². The summed E-state index contributed by atoms with van der Waals surface area (Å²) < 4.78 is 0. The molecule has 0 unspecified atom stereocenters. The normalized spacial score (nSPS) is 23.1. The van der Waals surface area contributed by atoms with E-state index in [0.717, 1.165) is 25.8 Å². The molecule has 0 amide bonds. The Morgan fingerprint density at radius 3 is 2.50 bits per heavy atom. The minimum atomic E-state index is -0.616. The largest absolute Gasteiger partial charge is 0.392 e. The first-order valence-electron chi connectivity index (χ1n) is 5.73. The summed E-state index contributed by atoms with van der Waals surface area (Å²) in [6, 6.07) is 0. The number of nitrogens with one attached hydrogen (secondary N) is 1. The van der Waals surface area contributed by atoms with Crippen LogP contribution in [0.2, 0.25) is 0 Å². The van der Waals surface area contributed by atoms with E-state index in [0.29, 0.717) is 18.9 Å². The number of aliphatic hydroxyl groups is 2. The van der Waals surface area contributed by atoms with Gasteiger partial charge in [-0.3, -0.25) is 0 Å². The van der Waals surface area contributed by atoms with Gasteiger partial charge in [0.15, 0.2) is 0 Å². The standard InChI is InChI=1S/C11H23NO2/c1-3-11(14,9-5-6-9)7-10(13)8-12-4-2/h9-10,12-14H,3-8H2,1-2H3/t10-,11-/m1/s1. The van der Waals surface area contributed by atoms with Crippen molar-refractivity contribution in [3.05, 3.63) is 0 Å². The van der Waals surface area contributed by atoms with Gasteiger partial charge < -0.3 is 15.5 Å². The third kappa shape index (κ3) is 3.23. The maximum atomic E-state index is 10.2. The molecule has 84 valence electrons. The summed E-state index contributed by atoms with van der Waals surface area (Å²) in [7, 11) is 0. The zero-order chi connectivity index (χ0) is 10.6. The zero-order valence-corrected chi connectivity index (χ0v) is 9.29. The molecule has 0 aromatic rings. The van der Waals surface area contributed by atoms with Crippen LogP contribution in [0.15, 0.2) is 0 Å². The summed E-state index contributed by atoms with van der Waals surface area (Å²) in [5.74, 6) is 0.434. The Hall–Kier alpha value is -0.120. The van der Waals surface area contributed by atoms with Gasteiger partial charge in [-0.2, -0.15) is 0 Å². The summed E-state index contributed by atoms with van der Waals surface area (Å²) in [6.07, 6.45) is 3.10. The van der Waals surface area contributed by atoms with Gasteiger partial charge in [0, 0.05) is 13.0 Å². The molecule has 3 N–H and O–H groups in total. The van der Waals surface area contributed by atoms with E-state index < -0.39 is 11.7 Å². The molecule has 3 heteroatoms. The van der Waals surface area contributed by atoms with Gasteiger partial charge in [0.1, 0.15) is 0 Å². The number of hydrogen-bond acceptors (Lipinski definition) is 3. The van der Waals surface area contributed by atoms with E-state index in [1.54, 1.807) is 0 Å². The molecule has 1 aliphatic rings. The molecule has 1 saturated carbocycles. The molecule has 0 spiro atoms. The van der Waals surface area contributed by atoms with Crippen LogP contribution in [-0.4, -0.2) is 35.0 Å². The van der Waals surface area contributed by atoms with Crippen LogP contribution in [0.5, 0.6) is 0 Å². The van der Waals surface area contributed by atoms with Crippen molar-refractivity contribution in [2.24, 2.45) is 5.92 Å². The van der Waals surface area contributed by atoms with E-state index in [1.807, 2.05) is 13.8 Å². The predicted molar refractivity (Wildman–Crippen MR) is 57.1 cm³/mol. The topological polar surface area (TPSA) is 52.5 Å². The monoisotopic (exact) mass is 201 g/mol. The van der Waals surface area contributed by atoms with Gasteiger partial charge in [-0.05, 0) is 31.7 Å². The predicted octanol–water partition coefficient (Wildman–Crippen LogP) is 0.898. The van der Waals surface area contributed by atoms with Crippen LogP contribution in [0.1, 0.15) is 39.5 Å². The quantitative estimate of drug-likeness (QED) is 0.573. The molecule has 3 nitrogen and oxygen atoms in total. The fourth-order valence-electron chi connectivity index (χ4n) is 2.01. The molecule has 1 aliphatic carbocycles. The summed E-state index contributed by atoms with van der Waals surface area (Å²) in [5.41, 5.74) is -0.616. The molecule has 0 aromatic carbocycles. The molecule has 2 atom stereocenters. The summed E-state index contributed by atoms with van der Waals surface area (Å²) in [5, 5.41) is 23.0. The SMILES string of the molecule is CCNC[C@H](O)C[C@](O)(CC)C1CC1. The van der Waals surface area contributed by atoms with Crippen LogP contribution in [0, 0.1) is 5.92 Å². The van der Waals surface area contributed by atoms with Gasteiger partial charge in [-0.25, -0.2) is 0 Å².